The summed E-state index contributed by atoms with van der Waals surface area (Å²) >= 11 is 1.45. The number of hydrogen-bond acceptors (Lipinski definition) is 8. The van der Waals surface area contributed by atoms with Crippen LogP contribution >= 0.6 is 11.8 Å². The van der Waals surface area contributed by atoms with Gasteiger partial charge >= 0.3 is 0 Å². The summed E-state index contributed by atoms with van der Waals surface area (Å²) in [6.07, 6.45) is 3.69. The molecule has 1 unspecified atom stereocenters. The molecule has 10 nitrogen and oxygen atoms in total. The van der Waals surface area contributed by atoms with Crippen molar-refractivity contribution in [3.63, 3.8) is 0 Å². The second-order valence-electron chi connectivity index (χ2n) is 8.19. The van der Waals surface area contributed by atoms with E-state index in [2.05, 4.69) is 25.9 Å². The molecule has 1 aliphatic heterocycles. The lowest BCUT2D eigenvalue weighted by Crippen LogP contribution is -2.40. The average molecular weight is 479 g/mol. The maximum atomic E-state index is 12.5. The Bertz CT molecular complexity index is 1290. The number of nitrogens with zero attached hydrogens (tertiary/aromatic N) is 5. The number of fused-ring (bicyclic) bond motifs is 1. The van der Waals surface area contributed by atoms with Crippen LogP contribution in [0.25, 0.3) is 5.52 Å². The van der Waals surface area contributed by atoms with Crippen LogP contribution in [0.3, 0.4) is 0 Å². The van der Waals surface area contributed by atoms with Crippen LogP contribution < -0.4 is 10.6 Å². The van der Waals surface area contributed by atoms with Crippen LogP contribution in [0.1, 0.15) is 18.5 Å². The number of nitrogens with one attached hydrogen (secondary N) is 3. The number of aromatic nitrogens is 5. The highest BCUT2D eigenvalue weighted by Crippen LogP contribution is 2.29. The first kappa shape index (κ1) is 22.2. The number of aromatic amines is 1. The molecule has 4 aromatic rings. The smallest absolute Gasteiger partial charge is 0.242 e. The predicted octanol–water partition coefficient (Wildman–Crippen LogP) is 3.05. The third-order valence-electron chi connectivity index (χ3n) is 5.74. The number of H-pyrrole nitrogens is 1. The van der Waals surface area contributed by atoms with E-state index >= 15 is 0 Å². The summed E-state index contributed by atoms with van der Waals surface area (Å²) in [6.45, 7) is 2.88. The van der Waals surface area contributed by atoms with Crippen LogP contribution in [-0.2, 0) is 4.79 Å². The number of likely N-dealkylation sites (tertiary alicyclic amines) is 1. The topological polar surface area (TPSA) is 123 Å². The fourth-order valence-electron chi connectivity index (χ4n) is 4.03. The third kappa shape index (κ3) is 4.85. The van der Waals surface area contributed by atoms with Gasteiger partial charge < -0.3 is 20.6 Å². The molecule has 0 saturated carbocycles. The molecule has 0 bridgehead atoms. The molecule has 4 heterocycles. The minimum atomic E-state index is -0.0536. The average Bonchev–Trinajstić information content (AvgIpc) is 3.59. The summed E-state index contributed by atoms with van der Waals surface area (Å²) in [7, 11) is 0. The summed E-state index contributed by atoms with van der Waals surface area (Å²) in [5.74, 6) is 1.38. The molecule has 0 aliphatic carbocycles. The van der Waals surface area contributed by atoms with E-state index in [0.717, 1.165) is 34.6 Å². The lowest BCUT2D eigenvalue weighted by Gasteiger charge is -2.23. The Morgan fingerprint density at radius 3 is 2.91 bits per heavy atom. The van der Waals surface area contributed by atoms with E-state index in [1.165, 1.54) is 11.8 Å². The SMILES string of the molecule is Cc1cc(Nc2nc(Sc3ccc(NCC(=O)N4CCCC4CO)cc3)nn3cccc23)n[nH]1. The van der Waals surface area contributed by atoms with Crippen molar-refractivity contribution in [3.8, 4) is 0 Å². The summed E-state index contributed by atoms with van der Waals surface area (Å²) in [6, 6.07) is 13.5. The molecule has 176 valence electrons. The Morgan fingerprint density at radius 1 is 1.29 bits per heavy atom. The largest absolute Gasteiger partial charge is 0.394 e. The van der Waals surface area contributed by atoms with Crippen molar-refractivity contribution in [2.24, 2.45) is 0 Å². The van der Waals surface area contributed by atoms with E-state index in [4.69, 9.17) is 4.98 Å². The van der Waals surface area contributed by atoms with Crippen molar-refractivity contribution < 1.29 is 9.90 Å². The quantitative estimate of drug-likeness (QED) is 0.305. The first-order chi connectivity index (χ1) is 16.6. The lowest BCUT2D eigenvalue weighted by atomic mass is 10.2. The van der Waals surface area contributed by atoms with Crippen molar-refractivity contribution >= 4 is 40.5 Å². The number of benzene rings is 1. The molecule has 0 radical (unpaired) electrons. The fraction of sp³-hybridized carbons (Fsp3) is 0.304. The number of anilines is 3. The van der Waals surface area contributed by atoms with Crippen molar-refractivity contribution in [1.82, 2.24) is 29.7 Å². The van der Waals surface area contributed by atoms with Gasteiger partial charge in [0.05, 0.1) is 19.2 Å². The summed E-state index contributed by atoms with van der Waals surface area (Å²) in [5, 5.41) is 28.2. The molecule has 1 aromatic carbocycles. The Hall–Kier alpha value is -3.57. The van der Waals surface area contributed by atoms with Gasteiger partial charge in [-0.2, -0.15) is 5.10 Å². The van der Waals surface area contributed by atoms with E-state index in [-0.39, 0.29) is 25.1 Å². The maximum Gasteiger partial charge on any atom is 0.242 e. The van der Waals surface area contributed by atoms with E-state index in [1.54, 1.807) is 9.42 Å². The zero-order valence-electron chi connectivity index (χ0n) is 18.7. The summed E-state index contributed by atoms with van der Waals surface area (Å²) in [4.78, 5) is 19.9. The van der Waals surface area contributed by atoms with Gasteiger partial charge in [0, 0.05) is 35.1 Å². The molecule has 11 heteroatoms. The number of carbonyl (C=O) groups is 1. The highest BCUT2D eigenvalue weighted by molar-refractivity contribution is 7.99. The van der Waals surface area contributed by atoms with E-state index < -0.39 is 0 Å². The molecule has 1 saturated heterocycles. The van der Waals surface area contributed by atoms with Crippen LogP contribution in [-0.4, -0.2) is 66.4 Å². The predicted molar refractivity (Wildman–Crippen MR) is 130 cm³/mol. The highest BCUT2D eigenvalue weighted by Gasteiger charge is 2.27. The van der Waals surface area contributed by atoms with Gasteiger partial charge in [-0.15, -0.1) is 5.10 Å². The zero-order valence-corrected chi connectivity index (χ0v) is 19.5. The van der Waals surface area contributed by atoms with Gasteiger partial charge in [-0.1, -0.05) is 0 Å². The molecule has 5 rings (SSSR count). The number of aliphatic hydroxyl groups is 1. The Balaban J connectivity index is 1.25. The number of aryl methyl sites for hydroxylation is 1. The Morgan fingerprint density at radius 2 is 2.15 bits per heavy atom. The molecule has 1 amide bonds. The van der Waals surface area contributed by atoms with Gasteiger partial charge in [0.2, 0.25) is 11.1 Å². The van der Waals surface area contributed by atoms with Crippen molar-refractivity contribution in [1.29, 1.82) is 0 Å². The fourth-order valence-corrected chi connectivity index (χ4v) is 4.78. The second kappa shape index (κ2) is 9.74. The van der Waals surface area contributed by atoms with Gasteiger partial charge in [0.25, 0.3) is 0 Å². The minimum absolute atomic E-state index is 0.00978. The Kier molecular flexibility index (Phi) is 6.37. The molecule has 4 N–H and O–H groups in total. The standard InChI is InChI=1S/C23H26N8O2S/c1-15-12-20(28-27-15)25-22-19-5-3-11-31(19)29-23(26-22)34-18-8-6-16(7-9-18)24-13-21(33)30-10-2-4-17(30)14-32/h3,5-9,11-12,17,24,32H,2,4,10,13-14H2,1H3,(H2,25,26,27,28,29). The number of amides is 1. The minimum Gasteiger partial charge on any atom is -0.394 e. The molecular formula is C23H26N8O2S. The molecular weight excluding hydrogens is 452 g/mol. The second-order valence-corrected chi connectivity index (χ2v) is 9.23. The molecule has 3 aromatic heterocycles. The van der Waals surface area contributed by atoms with Gasteiger partial charge in [-0.25, -0.2) is 9.50 Å². The van der Waals surface area contributed by atoms with Crippen LogP contribution in [0.2, 0.25) is 0 Å². The lowest BCUT2D eigenvalue weighted by molar-refractivity contribution is -0.130. The molecule has 1 aliphatic rings. The van der Waals surface area contributed by atoms with Crippen LogP contribution in [0.4, 0.5) is 17.3 Å². The van der Waals surface area contributed by atoms with E-state index in [0.29, 0.717) is 23.3 Å². The number of rotatable bonds is 8. The maximum absolute atomic E-state index is 12.5. The van der Waals surface area contributed by atoms with Crippen LogP contribution in [0.5, 0.6) is 0 Å². The monoisotopic (exact) mass is 478 g/mol. The van der Waals surface area contributed by atoms with Gasteiger partial charge in [-0.05, 0) is 67.9 Å². The van der Waals surface area contributed by atoms with Crippen LogP contribution in [0.15, 0.2) is 58.7 Å². The van der Waals surface area contributed by atoms with Crippen LogP contribution in [0, 0.1) is 6.92 Å². The molecule has 1 fully saturated rings. The first-order valence-electron chi connectivity index (χ1n) is 11.2. The van der Waals surface area contributed by atoms with E-state index in [1.807, 2.05) is 55.6 Å². The molecule has 0 spiro atoms. The van der Waals surface area contributed by atoms with Crippen molar-refractivity contribution in [2.45, 2.75) is 35.9 Å². The van der Waals surface area contributed by atoms with E-state index in [9.17, 15) is 9.90 Å². The summed E-state index contributed by atoms with van der Waals surface area (Å²) in [5.41, 5.74) is 2.67. The number of carbonyl (C=O) groups excluding carboxylic acids is 1. The number of hydrogen-bond donors (Lipinski definition) is 4. The van der Waals surface area contributed by atoms with Gasteiger partial charge in [0.15, 0.2) is 11.6 Å². The number of aliphatic hydroxyl groups excluding tert-OH is 1. The first-order valence-corrected chi connectivity index (χ1v) is 12.0. The molecule has 1 atom stereocenters. The summed E-state index contributed by atoms with van der Waals surface area (Å²) < 4.78 is 1.79. The van der Waals surface area contributed by atoms with Crippen molar-refractivity contribution in [3.05, 3.63) is 54.4 Å². The van der Waals surface area contributed by atoms with Gasteiger partial charge in [0.1, 0.15) is 5.52 Å². The normalized spacial score (nSPS) is 15.7. The van der Waals surface area contributed by atoms with Gasteiger partial charge in [-0.3, -0.25) is 9.89 Å². The highest BCUT2D eigenvalue weighted by atomic mass is 32.2. The van der Waals surface area contributed by atoms with Crippen molar-refractivity contribution in [2.75, 3.05) is 30.3 Å². The Labute approximate surface area is 200 Å². The third-order valence-corrected chi connectivity index (χ3v) is 6.60. The molecule has 34 heavy (non-hydrogen) atoms. The zero-order chi connectivity index (χ0) is 23.5.